The van der Waals surface area contributed by atoms with Crippen LogP contribution in [-0.4, -0.2) is 98.7 Å². The van der Waals surface area contributed by atoms with Gasteiger partial charge >= 0.3 is 0 Å². The Hall–Kier alpha value is -0.850. The Morgan fingerprint density at radius 1 is 0.435 bits per heavy atom. The van der Waals surface area contributed by atoms with E-state index in [1.807, 2.05) is 0 Å². The maximum atomic E-state index is 13.1. The molecule has 8 unspecified atom stereocenters. The maximum absolute atomic E-state index is 13.1. The van der Waals surface area contributed by atoms with Gasteiger partial charge in [-0.1, -0.05) is 296 Å². The van der Waals surface area contributed by atoms with Crippen molar-refractivity contribution in [2.45, 2.75) is 358 Å². The molecule has 8 atom stereocenters. The average Bonchev–Trinajstić information content (AvgIpc) is 3.35. The Kier molecular flexibility index (Phi) is 47.3. The summed E-state index contributed by atoms with van der Waals surface area (Å²) in [7, 11) is 0. The zero-order valence-electron chi connectivity index (χ0n) is 45.5. The van der Waals surface area contributed by atoms with Gasteiger partial charge in [-0.05, 0) is 12.8 Å². The van der Waals surface area contributed by atoms with Gasteiger partial charge in [0.05, 0.1) is 25.4 Å². The van der Waals surface area contributed by atoms with Crippen molar-refractivity contribution >= 4 is 5.91 Å². The van der Waals surface area contributed by atoms with Crippen LogP contribution >= 0.6 is 0 Å². The summed E-state index contributed by atoms with van der Waals surface area (Å²) in [5.74, 6) is -0.576. The summed E-state index contributed by atoms with van der Waals surface area (Å²) in [6.45, 7) is 3.71. The average molecular weight is 985 g/mol. The molecule has 0 aromatic rings. The topological polar surface area (TPSA) is 169 Å². The van der Waals surface area contributed by atoms with Crippen LogP contribution in [0.4, 0.5) is 0 Å². The van der Waals surface area contributed by atoms with E-state index in [0.717, 1.165) is 44.9 Å². The van der Waals surface area contributed by atoms with Gasteiger partial charge in [-0.3, -0.25) is 4.79 Å². The molecule has 0 spiro atoms. The van der Waals surface area contributed by atoms with Gasteiger partial charge in [0.15, 0.2) is 6.29 Å². The van der Waals surface area contributed by atoms with E-state index in [4.69, 9.17) is 9.47 Å². The minimum absolute atomic E-state index is 0.250. The summed E-state index contributed by atoms with van der Waals surface area (Å²) in [5.41, 5.74) is 0. The molecular formula is C59H117NO9. The van der Waals surface area contributed by atoms with E-state index in [1.54, 1.807) is 0 Å². The van der Waals surface area contributed by atoms with Crippen molar-refractivity contribution in [1.29, 1.82) is 0 Å². The second-order valence-corrected chi connectivity index (χ2v) is 21.7. The summed E-state index contributed by atoms with van der Waals surface area (Å²) in [4.78, 5) is 13.1. The number of aliphatic hydroxyl groups excluding tert-OH is 6. The number of carbonyl (C=O) groups excluding carboxylic acids is 1. The Bertz CT molecular complexity index is 1070. The van der Waals surface area contributed by atoms with Gasteiger partial charge in [-0.15, -0.1) is 0 Å². The highest BCUT2D eigenvalue weighted by Gasteiger charge is 2.44. The highest BCUT2D eigenvalue weighted by Crippen LogP contribution is 2.24. The molecule has 412 valence electrons. The van der Waals surface area contributed by atoms with Crippen LogP contribution < -0.4 is 5.32 Å². The Balaban J connectivity index is 2.12. The summed E-state index contributed by atoms with van der Waals surface area (Å²) >= 11 is 0. The van der Waals surface area contributed by atoms with E-state index in [9.17, 15) is 35.4 Å². The number of hydrogen-bond acceptors (Lipinski definition) is 9. The minimum Gasteiger partial charge on any atom is -0.394 e. The fraction of sp³-hybridized carbons (Fsp3) is 0.983. The SMILES string of the molecule is CCCCCCCCCCCCCCCCCCCCCCCCCCCCCCCCCC(O)C(=O)NC(COC1OC(CO)C(O)C(O)C1O)C(O)CCCCCCCCCCCCCCC. The molecule has 0 saturated carbocycles. The lowest BCUT2D eigenvalue weighted by molar-refractivity contribution is -0.302. The van der Waals surface area contributed by atoms with Crippen molar-refractivity contribution in [1.82, 2.24) is 5.32 Å². The first kappa shape index (κ1) is 66.2. The van der Waals surface area contributed by atoms with Crippen LogP contribution in [-0.2, 0) is 14.3 Å². The molecule has 0 bridgehead atoms. The van der Waals surface area contributed by atoms with Crippen LogP contribution in [0.5, 0.6) is 0 Å². The fourth-order valence-electron chi connectivity index (χ4n) is 10.2. The van der Waals surface area contributed by atoms with Gasteiger partial charge < -0.3 is 45.4 Å². The van der Waals surface area contributed by atoms with Gasteiger partial charge in [0.1, 0.15) is 30.5 Å². The molecule has 1 rings (SSSR count). The Morgan fingerprint density at radius 3 is 1.03 bits per heavy atom. The van der Waals surface area contributed by atoms with Gasteiger partial charge in [0.25, 0.3) is 0 Å². The first-order chi connectivity index (χ1) is 33.8. The first-order valence-corrected chi connectivity index (χ1v) is 30.3. The standard InChI is InChI=1S/C59H117NO9/c1-3-5-7-9-11-13-15-17-18-19-20-21-22-23-24-25-26-27-28-29-30-31-32-33-34-36-38-40-42-44-46-48-53(63)58(67)60-51(50-68-59-57(66)56(65)55(64)54(49-61)69-59)52(62)47-45-43-41-39-37-35-16-14-12-10-8-6-4-2/h51-57,59,61-66H,3-50H2,1-2H3,(H,60,67). The van der Waals surface area contributed by atoms with E-state index in [0.29, 0.717) is 12.8 Å². The largest absolute Gasteiger partial charge is 0.394 e. The van der Waals surface area contributed by atoms with E-state index >= 15 is 0 Å². The highest BCUT2D eigenvalue weighted by molar-refractivity contribution is 5.80. The van der Waals surface area contributed by atoms with Crippen molar-refractivity contribution in [3.05, 3.63) is 0 Å². The molecule has 0 radical (unpaired) electrons. The number of hydrogen-bond donors (Lipinski definition) is 7. The van der Waals surface area contributed by atoms with E-state index in [2.05, 4.69) is 19.2 Å². The number of rotatable bonds is 53. The predicted molar refractivity (Wildman–Crippen MR) is 287 cm³/mol. The van der Waals surface area contributed by atoms with Crippen LogP contribution in [0.2, 0.25) is 0 Å². The van der Waals surface area contributed by atoms with E-state index < -0.39 is 61.5 Å². The molecule has 1 amide bonds. The van der Waals surface area contributed by atoms with Crippen molar-refractivity contribution in [2.24, 2.45) is 0 Å². The van der Waals surface area contributed by atoms with Crippen molar-refractivity contribution in [3.63, 3.8) is 0 Å². The van der Waals surface area contributed by atoms with Crippen molar-refractivity contribution in [2.75, 3.05) is 13.2 Å². The molecule has 10 nitrogen and oxygen atoms in total. The first-order valence-electron chi connectivity index (χ1n) is 30.3. The molecule has 10 heteroatoms. The number of carbonyl (C=O) groups is 1. The number of ether oxygens (including phenoxy) is 2. The van der Waals surface area contributed by atoms with Gasteiger partial charge in [0.2, 0.25) is 5.91 Å². The van der Waals surface area contributed by atoms with Crippen LogP contribution in [0.1, 0.15) is 309 Å². The molecule has 7 N–H and O–H groups in total. The Labute approximate surface area is 426 Å². The zero-order valence-corrected chi connectivity index (χ0v) is 45.5. The number of unbranched alkanes of at least 4 members (excludes halogenated alkanes) is 42. The zero-order chi connectivity index (χ0) is 50.3. The molecule has 69 heavy (non-hydrogen) atoms. The molecule has 0 aromatic heterocycles. The smallest absolute Gasteiger partial charge is 0.249 e. The fourth-order valence-corrected chi connectivity index (χ4v) is 10.2. The lowest BCUT2D eigenvalue weighted by atomic mass is 9.99. The molecule has 0 aromatic carbocycles. The van der Waals surface area contributed by atoms with E-state index in [-0.39, 0.29) is 6.61 Å². The third-order valence-corrected chi connectivity index (χ3v) is 15.1. The van der Waals surface area contributed by atoms with Gasteiger partial charge in [-0.2, -0.15) is 0 Å². The number of aliphatic hydroxyl groups is 6. The summed E-state index contributed by atoms with van der Waals surface area (Å²) in [5, 5.41) is 65.2. The third kappa shape index (κ3) is 38.4. The lowest BCUT2D eigenvalue weighted by Crippen LogP contribution is -2.60. The lowest BCUT2D eigenvalue weighted by Gasteiger charge is -2.40. The van der Waals surface area contributed by atoms with E-state index in [1.165, 1.54) is 238 Å². The molecule has 0 aliphatic carbocycles. The molecule has 1 fully saturated rings. The van der Waals surface area contributed by atoms with Gasteiger partial charge in [0, 0.05) is 0 Å². The Morgan fingerprint density at radius 2 is 0.725 bits per heavy atom. The second-order valence-electron chi connectivity index (χ2n) is 21.7. The predicted octanol–water partition coefficient (Wildman–Crippen LogP) is 14.0. The summed E-state index contributed by atoms with van der Waals surface area (Å²) in [6, 6.07) is -0.889. The molecular weight excluding hydrogens is 867 g/mol. The minimum atomic E-state index is -1.59. The number of amides is 1. The summed E-state index contributed by atoms with van der Waals surface area (Å²) < 4.78 is 11.2. The molecule has 1 aliphatic heterocycles. The maximum Gasteiger partial charge on any atom is 0.249 e. The highest BCUT2D eigenvalue weighted by atomic mass is 16.7. The van der Waals surface area contributed by atoms with Crippen LogP contribution in [0, 0.1) is 0 Å². The van der Waals surface area contributed by atoms with Crippen molar-refractivity contribution in [3.8, 4) is 0 Å². The monoisotopic (exact) mass is 984 g/mol. The molecule has 1 aliphatic rings. The quantitative estimate of drug-likeness (QED) is 0.0293. The molecule has 1 saturated heterocycles. The van der Waals surface area contributed by atoms with Gasteiger partial charge in [-0.25, -0.2) is 0 Å². The molecule has 1 heterocycles. The van der Waals surface area contributed by atoms with Crippen LogP contribution in [0.15, 0.2) is 0 Å². The summed E-state index contributed by atoms with van der Waals surface area (Å²) in [6.07, 6.45) is 49.1. The normalized spacial score (nSPS) is 19.8. The third-order valence-electron chi connectivity index (χ3n) is 15.1. The second kappa shape index (κ2) is 49.4. The van der Waals surface area contributed by atoms with Crippen LogP contribution in [0.25, 0.3) is 0 Å². The number of nitrogens with one attached hydrogen (secondary N) is 1. The van der Waals surface area contributed by atoms with Crippen molar-refractivity contribution < 1.29 is 44.9 Å². The van der Waals surface area contributed by atoms with Crippen LogP contribution in [0.3, 0.4) is 0 Å².